The third kappa shape index (κ3) is 3.90. The molecule has 7 nitrogen and oxygen atoms in total. The topological polar surface area (TPSA) is 75.0 Å². The van der Waals surface area contributed by atoms with E-state index in [1.165, 1.54) is 27.9 Å². The van der Waals surface area contributed by atoms with Crippen molar-refractivity contribution in [2.75, 3.05) is 24.8 Å². The number of aromatic nitrogens is 1. The third-order valence-electron chi connectivity index (χ3n) is 6.01. The molecule has 0 unspecified atom stereocenters. The molecule has 3 heterocycles. The number of amides is 1. The highest BCUT2D eigenvalue weighted by atomic mass is 19.4. The number of rotatable bonds is 1. The number of ether oxygens (including phenoxy) is 1. The van der Waals surface area contributed by atoms with Gasteiger partial charge >= 0.3 is 6.18 Å². The molecule has 35 heavy (non-hydrogen) atoms. The van der Waals surface area contributed by atoms with Crippen LogP contribution in [0.5, 0.6) is 11.5 Å². The van der Waals surface area contributed by atoms with Gasteiger partial charge in [-0.05, 0) is 17.7 Å². The quantitative estimate of drug-likeness (QED) is 0.535. The van der Waals surface area contributed by atoms with Gasteiger partial charge in [-0.15, -0.1) is 0 Å². The molecule has 0 spiro atoms. The zero-order valence-corrected chi connectivity index (χ0v) is 18.3. The molecule has 180 valence electrons. The zero-order chi connectivity index (χ0) is 24.7. The van der Waals surface area contributed by atoms with E-state index in [1.807, 2.05) is 0 Å². The summed E-state index contributed by atoms with van der Waals surface area (Å²) in [6.07, 6.45) is -0.195. The van der Waals surface area contributed by atoms with Crippen LogP contribution in [-0.4, -0.2) is 40.4 Å². The predicted octanol–water partition coefficient (Wildman–Crippen LogP) is 3.66. The van der Waals surface area contributed by atoms with Gasteiger partial charge in [0.1, 0.15) is 25.1 Å². The Bertz CT molecular complexity index is 1370. The number of hydrogen-bond acceptors (Lipinski definition) is 5. The van der Waals surface area contributed by atoms with Gasteiger partial charge in [-0.3, -0.25) is 19.3 Å². The van der Waals surface area contributed by atoms with Crippen molar-refractivity contribution in [2.24, 2.45) is 0 Å². The maximum absolute atomic E-state index is 14.0. The van der Waals surface area contributed by atoms with Crippen LogP contribution in [0.4, 0.5) is 13.2 Å². The number of carbonyl (C=O) groups is 1. The molecule has 2 aromatic carbocycles. The minimum atomic E-state index is -4.67. The van der Waals surface area contributed by atoms with Crippen molar-refractivity contribution in [2.45, 2.75) is 12.2 Å². The van der Waals surface area contributed by atoms with E-state index in [2.05, 4.69) is 0 Å². The van der Waals surface area contributed by atoms with Crippen LogP contribution in [0.1, 0.15) is 33.2 Å². The number of aromatic hydroxyl groups is 1. The van der Waals surface area contributed by atoms with Gasteiger partial charge in [-0.25, -0.2) is 0 Å². The van der Waals surface area contributed by atoms with Gasteiger partial charge in [-0.1, -0.05) is 48.5 Å². The van der Waals surface area contributed by atoms with Crippen molar-refractivity contribution < 1.29 is 27.8 Å². The van der Waals surface area contributed by atoms with Gasteiger partial charge in [0.2, 0.25) is 5.43 Å². The smallest absolute Gasteiger partial charge is 0.419 e. The maximum atomic E-state index is 14.0. The Morgan fingerprint density at radius 1 is 0.971 bits per heavy atom. The first-order valence-corrected chi connectivity index (χ1v) is 10.8. The zero-order valence-electron chi connectivity index (χ0n) is 18.3. The van der Waals surface area contributed by atoms with Crippen LogP contribution in [0.15, 0.2) is 77.7 Å². The highest BCUT2D eigenvalue weighted by Gasteiger charge is 2.40. The summed E-state index contributed by atoms with van der Waals surface area (Å²) in [6.45, 7) is -0.0569. The van der Waals surface area contributed by atoms with Crippen LogP contribution in [0, 0.1) is 0 Å². The van der Waals surface area contributed by atoms with E-state index in [0.29, 0.717) is 5.56 Å². The monoisotopic (exact) mass is 483 g/mol. The number of para-hydroxylation sites is 1. The normalized spacial score (nSPS) is 18.7. The van der Waals surface area contributed by atoms with Gasteiger partial charge in [0.15, 0.2) is 11.4 Å². The standard InChI is InChI=1S/C25H20F3N3O4/c26-25(27,28)18-10-6-9-17-20(16-7-2-1-3-8-16)31-15-29(12-4-5-14-35-23(17)18)24(34)21-22(33)19(32)11-13-30(21)31/h1-11,13,20,33H,12,14-15H2/b5-4-/t20-/m0/s1. The van der Waals surface area contributed by atoms with Crippen molar-refractivity contribution in [1.29, 1.82) is 0 Å². The second kappa shape index (κ2) is 8.53. The molecule has 1 N–H and O–H groups in total. The second-order valence-corrected chi connectivity index (χ2v) is 8.15. The minimum Gasteiger partial charge on any atom is -0.502 e. The summed E-state index contributed by atoms with van der Waals surface area (Å²) in [7, 11) is 0. The summed E-state index contributed by atoms with van der Waals surface area (Å²) in [5, 5.41) is 12.1. The highest BCUT2D eigenvalue weighted by Crippen LogP contribution is 2.43. The summed E-state index contributed by atoms with van der Waals surface area (Å²) in [5.74, 6) is -1.62. The van der Waals surface area contributed by atoms with Crippen molar-refractivity contribution >= 4 is 5.91 Å². The molecular formula is C25H20F3N3O4. The van der Waals surface area contributed by atoms with E-state index >= 15 is 0 Å². The molecule has 1 atom stereocenters. The van der Waals surface area contributed by atoms with Crippen LogP contribution < -0.4 is 15.2 Å². The number of carbonyl (C=O) groups excluding carboxylic acids is 1. The lowest BCUT2D eigenvalue weighted by Gasteiger charge is -2.44. The molecule has 0 saturated heterocycles. The third-order valence-corrected chi connectivity index (χ3v) is 6.01. The fourth-order valence-corrected chi connectivity index (χ4v) is 4.44. The number of alkyl halides is 3. The summed E-state index contributed by atoms with van der Waals surface area (Å²) in [4.78, 5) is 26.8. The largest absolute Gasteiger partial charge is 0.502 e. The molecule has 0 radical (unpaired) electrons. The van der Waals surface area contributed by atoms with Crippen LogP contribution in [0.25, 0.3) is 0 Å². The number of nitrogens with zero attached hydrogens (tertiary/aromatic N) is 3. The predicted molar refractivity (Wildman–Crippen MR) is 121 cm³/mol. The average molecular weight is 483 g/mol. The van der Waals surface area contributed by atoms with Gasteiger partial charge in [0, 0.05) is 24.4 Å². The molecule has 1 aromatic heterocycles. The molecule has 1 amide bonds. The Morgan fingerprint density at radius 3 is 2.49 bits per heavy atom. The lowest BCUT2D eigenvalue weighted by Crippen LogP contribution is -2.55. The second-order valence-electron chi connectivity index (χ2n) is 8.15. The summed E-state index contributed by atoms with van der Waals surface area (Å²) in [5.41, 5.74) is -1.06. The molecule has 5 rings (SSSR count). The average Bonchev–Trinajstić information content (AvgIpc) is 2.86. The Kier molecular flexibility index (Phi) is 5.50. The van der Waals surface area contributed by atoms with E-state index in [-0.39, 0.29) is 36.8 Å². The van der Waals surface area contributed by atoms with Crippen LogP contribution in [0.2, 0.25) is 0 Å². The summed E-state index contributed by atoms with van der Waals surface area (Å²) < 4.78 is 49.0. The number of fused-ring (bicyclic) bond motifs is 5. The maximum Gasteiger partial charge on any atom is 0.419 e. The van der Waals surface area contributed by atoms with Crippen molar-refractivity contribution in [3.63, 3.8) is 0 Å². The number of hydrogen-bond donors (Lipinski definition) is 1. The lowest BCUT2D eigenvalue weighted by molar-refractivity contribution is -0.138. The first-order chi connectivity index (χ1) is 16.8. The molecule has 0 saturated carbocycles. The van der Waals surface area contributed by atoms with E-state index in [1.54, 1.807) is 47.5 Å². The van der Waals surface area contributed by atoms with Crippen molar-refractivity contribution in [1.82, 2.24) is 9.58 Å². The molecule has 2 bridgehead atoms. The summed E-state index contributed by atoms with van der Waals surface area (Å²) >= 11 is 0. The first kappa shape index (κ1) is 22.6. The Balaban J connectivity index is 1.84. The Morgan fingerprint density at radius 2 is 1.74 bits per heavy atom. The van der Waals surface area contributed by atoms with Gasteiger partial charge in [0.05, 0.1) is 5.56 Å². The van der Waals surface area contributed by atoms with E-state index in [9.17, 15) is 27.9 Å². The van der Waals surface area contributed by atoms with Gasteiger partial charge in [0.25, 0.3) is 5.91 Å². The molecule has 3 aromatic rings. The lowest BCUT2D eigenvalue weighted by atomic mass is 9.94. The van der Waals surface area contributed by atoms with E-state index in [0.717, 1.165) is 12.1 Å². The molecule has 2 aliphatic rings. The Hall–Kier alpha value is -4.21. The van der Waals surface area contributed by atoms with Gasteiger partial charge in [-0.2, -0.15) is 13.2 Å². The van der Waals surface area contributed by atoms with E-state index < -0.39 is 34.9 Å². The van der Waals surface area contributed by atoms with Crippen LogP contribution in [-0.2, 0) is 6.18 Å². The molecular weight excluding hydrogens is 463 g/mol. The molecule has 0 fully saturated rings. The molecule has 2 aliphatic heterocycles. The van der Waals surface area contributed by atoms with Crippen LogP contribution in [0.3, 0.4) is 0 Å². The molecule has 10 heteroatoms. The molecule has 0 aliphatic carbocycles. The number of halogens is 3. The highest BCUT2D eigenvalue weighted by molar-refractivity contribution is 5.96. The Labute approximate surface area is 197 Å². The van der Waals surface area contributed by atoms with Crippen molar-refractivity contribution in [3.8, 4) is 11.5 Å². The first-order valence-electron chi connectivity index (χ1n) is 10.8. The fourth-order valence-electron chi connectivity index (χ4n) is 4.44. The number of benzene rings is 2. The van der Waals surface area contributed by atoms with E-state index in [4.69, 9.17) is 4.74 Å². The van der Waals surface area contributed by atoms with Crippen molar-refractivity contribution in [3.05, 3.63) is 106 Å². The summed E-state index contributed by atoms with van der Waals surface area (Å²) in [6, 6.07) is 12.9. The van der Waals surface area contributed by atoms with Crippen LogP contribution >= 0.6 is 0 Å². The SMILES string of the molecule is O=C1c2c(O)c(=O)ccn2N2CN1C/C=C\COc1c(cccc1C(F)(F)F)[C@@H]2c1ccccc1. The van der Waals surface area contributed by atoms with Gasteiger partial charge < -0.3 is 14.7 Å². The minimum absolute atomic E-state index is 0.0201. The number of pyridine rings is 1. The fraction of sp³-hybridized carbons (Fsp3) is 0.200.